The van der Waals surface area contributed by atoms with Crippen LogP contribution in [0.25, 0.3) is 0 Å². The number of methoxy groups -OCH3 is 1. The van der Waals surface area contributed by atoms with Crippen LogP contribution in [0.15, 0.2) is 24.3 Å². The fraction of sp³-hybridized carbons (Fsp3) is 0.300. The van der Waals surface area contributed by atoms with Crippen LogP contribution in [0, 0.1) is 0 Å². The molecule has 0 spiro atoms. The van der Waals surface area contributed by atoms with Gasteiger partial charge in [0.05, 0.1) is 7.11 Å². The van der Waals surface area contributed by atoms with Gasteiger partial charge in [0.25, 0.3) is 0 Å². The summed E-state index contributed by atoms with van der Waals surface area (Å²) in [6, 6.07) is 6.27. The van der Waals surface area contributed by atoms with E-state index in [1.54, 1.807) is 34.7 Å². The zero-order valence-corrected chi connectivity index (χ0v) is 13.7. The smallest absolute Gasteiger partial charge is 0.238 e. The van der Waals surface area contributed by atoms with Gasteiger partial charge in [0.1, 0.15) is 5.75 Å². The van der Waals surface area contributed by atoms with Crippen LogP contribution in [0.5, 0.6) is 5.75 Å². The molecule has 0 heterocycles. The molecule has 1 rings (SSSR count). The molecule has 0 aromatic heterocycles. The minimum Gasteiger partial charge on any atom is -0.497 e. The number of Topliss-reactive ketones (excluding diaryl/α,β-unsaturated/α-hetero) is 1. The molecule has 1 aromatic rings. The molecular formula is C10H10BrIO4S. The summed E-state index contributed by atoms with van der Waals surface area (Å²) in [4.78, 5) is 12.0. The Morgan fingerprint density at radius 2 is 1.82 bits per heavy atom. The van der Waals surface area contributed by atoms with Gasteiger partial charge >= 0.3 is 0 Å². The van der Waals surface area contributed by atoms with E-state index in [0.717, 1.165) is 6.26 Å². The van der Waals surface area contributed by atoms with Crippen molar-refractivity contribution in [2.75, 3.05) is 13.4 Å². The largest absolute Gasteiger partial charge is 0.497 e. The van der Waals surface area contributed by atoms with E-state index in [4.69, 9.17) is 4.74 Å². The lowest BCUT2D eigenvalue weighted by Crippen LogP contribution is -2.33. The number of ketones is 1. The van der Waals surface area contributed by atoms with Gasteiger partial charge in [-0.05, 0) is 62.8 Å². The van der Waals surface area contributed by atoms with Crippen molar-refractivity contribution >= 4 is 54.1 Å². The molecule has 0 bridgehead atoms. The highest BCUT2D eigenvalue weighted by Crippen LogP contribution is 2.36. The van der Waals surface area contributed by atoms with Crippen LogP contribution < -0.4 is 4.74 Å². The quantitative estimate of drug-likeness (QED) is 0.416. The number of carbonyl (C=O) groups is 1. The topological polar surface area (TPSA) is 60.4 Å². The van der Waals surface area contributed by atoms with Gasteiger partial charge in [0.2, 0.25) is 7.45 Å². The molecule has 0 aliphatic carbocycles. The van der Waals surface area contributed by atoms with Crippen molar-refractivity contribution in [2.45, 2.75) is 1.66 Å². The van der Waals surface area contributed by atoms with Crippen molar-refractivity contribution in [1.82, 2.24) is 0 Å². The van der Waals surface area contributed by atoms with Crippen molar-refractivity contribution in [3.63, 3.8) is 0 Å². The minimum atomic E-state index is -3.54. The highest BCUT2D eigenvalue weighted by Gasteiger charge is 2.43. The third kappa shape index (κ3) is 3.19. The zero-order valence-electron chi connectivity index (χ0n) is 9.11. The number of ether oxygens (including phenoxy) is 1. The average Bonchev–Trinajstić information content (AvgIpc) is 2.26. The summed E-state index contributed by atoms with van der Waals surface area (Å²) in [6.45, 7) is 0. The monoisotopic (exact) mass is 432 g/mol. The molecule has 17 heavy (non-hydrogen) atoms. The van der Waals surface area contributed by atoms with Crippen LogP contribution in [-0.4, -0.2) is 29.2 Å². The van der Waals surface area contributed by atoms with Gasteiger partial charge in [0.15, 0.2) is 9.84 Å². The van der Waals surface area contributed by atoms with Gasteiger partial charge < -0.3 is 4.74 Å². The normalized spacial score (nSPS) is 15.1. The molecule has 0 aliphatic rings. The van der Waals surface area contributed by atoms with E-state index in [1.807, 2.05) is 0 Å². The van der Waals surface area contributed by atoms with E-state index in [1.165, 1.54) is 19.2 Å². The molecule has 7 heteroatoms. The second-order valence-corrected chi connectivity index (χ2v) is 11.1. The Hall–Kier alpha value is -0.150. The summed E-state index contributed by atoms with van der Waals surface area (Å²) in [6.07, 6.45) is 1.01. The zero-order chi connectivity index (χ0) is 13.3. The molecule has 0 fully saturated rings. The number of hydrogen-bond acceptors (Lipinski definition) is 4. The number of hydrogen-bond donors (Lipinski definition) is 0. The van der Waals surface area contributed by atoms with Crippen molar-refractivity contribution < 1.29 is 17.9 Å². The van der Waals surface area contributed by atoms with Crippen LogP contribution in [0.4, 0.5) is 0 Å². The van der Waals surface area contributed by atoms with Crippen LogP contribution in [0.2, 0.25) is 0 Å². The highest BCUT2D eigenvalue weighted by molar-refractivity contribution is 14.1. The number of alkyl halides is 2. The van der Waals surface area contributed by atoms with Crippen molar-refractivity contribution in [3.05, 3.63) is 29.8 Å². The van der Waals surface area contributed by atoms with Crippen LogP contribution in [-0.2, 0) is 9.84 Å². The molecule has 0 amide bonds. The third-order valence-electron chi connectivity index (χ3n) is 2.08. The maximum absolute atomic E-state index is 12.0. The Morgan fingerprint density at radius 3 is 2.18 bits per heavy atom. The summed E-state index contributed by atoms with van der Waals surface area (Å²) >= 11 is 4.54. The second kappa shape index (κ2) is 5.23. The van der Waals surface area contributed by atoms with E-state index in [9.17, 15) is 13.2 Å². The summed E-state index contributed by atoms with van der Waals surface area (Å²) in [5.41, 5.74) is 0.308. The third-order valence-corrected chi connectivity index (χ3v) is 8.21. The maximum atomic E-state index is 12.0. The summed E-state index contributed by atoms with van der Waals surface area (Å²) in [5, 5.41) is 0. The molecule has 0 N–H and O–H groups in total. The summed E-state index contributed by atoms with van der Waals surface area (Å²) < 4.78 is 26.3. The maximum Gasteiger partial charge on any atom is 0.238 e. The van der Waals surface area contributed by atoms with Gasteiger partial charge in [0, 0.05) is 11.8 Å². The van der Waals surface area contributed by atoms with Crippen LogP contribution in [0.1, 0.15) is 10.4 Å². The Bertz CT molecular complexity index is 522. The summed E-state index contributed by atoms with van der Waals surface area (Å²) in [5.74, 6) is 0.0952. The highest BCUT2D eigenvalue weighted by atomic mass is 127. The van der Waals surface area contributed by atoms with Crippen molar-refractivity contribution in [1.29, 1.82) is 0 Å². The molecule has 0 saturated carbocycles. The molecule has 0 saturated heterocycles. The van der Waals surface area contributed by atoms with Crippen LogP contribution >= 0.6 is 38.5 Å². The van der Waals surface area contributed by atoms with Gasteiger partial charge in [-0.1, -0.05) is 0 Å². The predicted molar refractivity (Wildman–Crippen MR) is 77.8 cm³/mol. The van der Waals surface area contributed by atoms with Crippen molar-refractivity contribution in [3.8, 4) is 5.75 Å². The van der Waals surface area contributed by atoms with Gasteiger partial charge in [-0.3, -0.25) is 4.79 Å². The molecule has 4 nitrogen and oxygen atoms in total. The summed E-state index contributed by atoms with van der Waals surface area (Å²) in [7, 11) is -2.03. The van der Waals surface area contributed by atoms with E-state index in [-0.39, 0.29) is 0 Å². The average molecular weight is 433 g/mol. The second-order valence-electron chi connectivity index (χ2n) is 3.35. The van der Waals surface area contributed by atoms with Gasteiger partial charge in [-0.2, -0.15) is 0 Å². The predicted octanol–water partition coefficient (Wildman–Crippen LogP) is 2.41. The molecule has 1 aromatic carbocycles. The Kier molecular flexibility index (Phi) is 4.59. The fourth-order valence-electron chi connectivity index (χ4n) is 1.08. The Labute approximate surface area is 122 Å². The molecule has 0 aliphatic heterocycles. The Balaban J connectivity index is 3.13. The fourth-order valence-corrected chi connectivity index (χ4v) is 2.07. The SMILES string of the molecule is COc1ccc(C(=O)[C@](Br)(I)S(C)(=O)=O)cc1. The first-order chi connectivity index (χ1) is 7.70. The standard InChI is InChI=1S/C10H10BrIO4S/c1-16-8-5-3-7(4-6-8)9(13)10(11,12)17(2,14)15/h3-6H,1-2H3/t10-/m0/s1. The molecule has 94 valence electrons. The van der Waals surface area contributed by atoms with E-state index in [2.05, 4.69) is 15.9 Å². The molecule has 0 unspecified atom stereocenters. The first-order valence-corrected chi connectivity index (χ1v) is 8.22. The Morgan fingerprint density at radius 1 is 1.35 bits per heavy atom. The van der Waals surface area contributed by atoms with E-state index < -0.39 is 17.3 Å². The lowest BCUT2D eigenvalue weighted by molar-refractivity contribution is 0.101. The molecule has 1 atom stereocenters. The van der Waals surface area contributed by atoms with Gasteiger partial charge in [-0.25, -0.2) is 8.42 Å². The van der Waals surface area contributed by atoms with E-state index >= 15 is 0 Å². The number of sulfone groups is 1. The number of rotatable bonds is 4. The molecular weight excluding hydrogens is 423 g/mol. The first kappa shape index (κ1) is 14.9. The lowest BCUT2D eigenvalue weighted by atomic mass is 10.1. The first-order valence-electron chi connectivity index (χ1n) is 4.46. The minimum absolute atomic E-state index is 0.308. The lowest BCUT2D eigenvalue weighted by Gasteiger charge is -2.16. The number of halogens is 2. The van der Waals surface area contributed by atoms with E-state index in [0.29, 0.717) is 11.3 Å². The van der Waals surface area contributed by atoms with Crippen LogP contribution in [0.3, 0.4) is 0 Å². The number of carbonyl (C=O) groups excluding carboxylic acids is 1. The number of benzene rings is 1. The van der Waals surface area contributed by atoms with Crippen molar-refractivity contribution in [2.24, 2.45) is 0 Å². The molecule has 0 radical (unpaired) electrons. The van der Waals surface area contributed by atoms with Gasteiger partial charge in [-0.15, -0.1) is 0 Å².